The van der Waals surface area contributed by atoms with Gasteiger partial charge < -0.3 is 10.6 Å². The fraction of sp³-hybridized carbons (Fsp3) is 0.412. The van der Waals surface area contributed by atoms with Crippen LogP contribution in [-0.2, 0) is 0 Å². The average molecular weight is 286 g/mol. The van der Waals surface area contributed by atoms with Gasteiger partial charge in [-0.1, -0.05) is 25.3 Å². The minimum absolute atomic E-state index is 0.0556. The summed E-state index contributed by atoms with van der Waals surface area (Å²) in [6, 6.07) is 7.03. The zero-order valence-electron chi connectivity index (χ0n) is 12.2. The van der Waals surface area contributed by atoms with Crippen LogP contribution in [0, 0.1) is 0 Å². The largest absolute Gasteiger partial charge is 0.349 e. The number of benzene rings is 1. The molecule has 1 aromatic rings. The van der Waals surface area contributed by atoms with Crippen LogP contribution in [0.1, 0.15) is 52.8 Å². The van der Waals surface area contributed by atoms with Crippen molar-refractivity contribution >= 4 is 11.8 Å². The van der Waals surface area contributed by atoms with Crippen LogP contribution in [0.5, 0.6) is 0 Å². The maximum absolute atomic E-state index is 12.1. The molecule has 1 fully saturated rings. The fourth-order valence-electron chi connectivity index (χ4n) is 2.56. The summed E-state index contributed by atoms with van der Waals surface area (Å²) in [5.74, 6) is -0.214. The molecule has 1 aromatic carbocycles. The predicted molar refractivity (Wildman–Crippen MR) is 83.3 cm³/mol. The Kier molecular flexibility index (Phi) is 5.55. The molecule has 0 heterocycles. The van der Waals surface area contributed by atoms with Gasteiger partial charge in [-0.2, -0.15) is 0 Å². The summed E-state index contributed by atoms with van der Waals surface area (Å²) >= 11 is 0. The lowest BCUT2D eigenvalue weighted by molar-refractivity contribution is 0.0923. The number of hydrogen-bond donors (Lipinski definition) is 2. The van der Waals surface area contributed by atoms with E-state index in [4.69, 9.17) is 0 Å². The topological polar surface area (TPSA) is 58.2 Å². The Hall–Kier alpha value is -2.10. The lowest BCUT2D eigenvalue weighted by Crippen LogP contribution is -2.36. The molecule has 1 aliphatic rings. The molecule has 0 bridgehead atoms. The molecule has 0 atom stereocenters. The second kappa shape index (κ2) is 7.62. The first kappa shape index (κ1) is 15.3. The zero-order chi connectivity index (χ0) is 15.1. The molecule has 2 amide bonds. The highest BCUT2D eigenvalue weighted by Crippen LogP contribution is 2.18. The Labute approximate surface area is 125 Å². The van der Waals surface area contributed by atoms with E-state index in [1.54, 1.807) is 30.3 Å². The number of hydrogen-bond acceptors (Lipinski definition) is 2. The minimum atomic E-state index is -0.158. The Bertz CT molecular complexity index is 502. The summed E-state index contributed by atoms with van der Waals surface area (Å²) < 4.78 is 0. The molecule has 0 saturated heterocycles. The van der Waals surface area contributed by atoms with Crippen LogP contribution in [0.3, 0.4) is 0 Å². The van der Waals surface area contributed by atoms with Crippen molar-refractivity contribution in [2.24, 2.45) is 0 Å². The van der Waals surface area contributed by atoms with E-state index in [0.29, 0.717) is 23.7 Å². The van der Waals surface area contributed by atoms with Crippen molar-refractivity contribution in [2.75, 3.05) is 6.54 Å². The lowest BCUT2D eigenvalue weighted by atomic mass is 9.95. The second-order valence-electron chi connectivity index (χ2n) is 5.38. The van der Waals surface area contributed by atoms with Crippen LogP contribution >= 0.6 is 0 Å². The van der Waals surface area contributed by atoms with Crippen LogP contribution in [-0.4, -0.2) is 24.4 Å². The molecule has 2 N–H and O–H groups in total. The van der Waals surface area contributed by atoms with Gasteiger partial charge in [-0.3, -0.25) is 9.59 Å². The molecule has 0 aromatic heterocycles. The average Bonchev–Trinajstić information content (AvgIpc) is 2.53. The van der Waals surface area contributed by atoms with Gasteiger partial charge in [-0.25, -0.2) is 0 Å². The highest BCUT2D eigenvalue weighted by molar-refractivity contribution is 5.97. The molecule has 1 aliphatic carbocycles. The summed E-state index contributed by atoms with van der Waals surface area (Å²) in [5, 5.41) is 5.77. The Morgan fingerprint density at radius 3 is 2.19 bits per heavy atom. The zero-order valence-corrected chi connectivity index (χ0v) is 12.2. The van der Waals surface area contributed by atoms with Crippen molar-refractivity contribution in [3.8, 4) is 0 Å². The normalized spacial score (nSPS) is 15.2. The van der Waals surface area contributed by atoms with Gasteiger partial charge in [0.2, 0.25) is 0 Å². The van der Waals surface area contributed by atoms with Gasteiger partial charge >= 0.3 is 0 Å². The Morgan fingerprint density at radius 2 is 1.62 bits per heavy atom. The summed E-state index contributed by atoms with van der Waals surface area (Å²) in [7, 11) is 0. The molecule has 4 heteroatoms. The van der Waals surface area contributed by atoms with Gasteiger partial charge in [0, 0.05) is 23.7 Å². The lowest BCUT2D eigenvalue weighted by Gasteiger charge is -2.22. The Morgan fingerprint density at radius 1 is 1.05 bits per heavy atom. The summed E-state index contributed by atoms with van der Waals surface area (Å²) in [6.07, 6.45) is 7.40. The van der Waals surface area contributed by atoms with E-state index in [1.807, 2.05) is 0 Å². The molecule has 0 spiro atoms. The smallest absolute Gasteiger partial charge is 0.251 e. The van der Waals surface area contributed by atoms with Crippen molar-refractivity contribution in [1.82, 2.24) is 10.6 Å². The summed E-state index contributed by atoms with van der Waals surface area (Å²) in [4.78, 5) is 23.9. The number of carbonyl (C=O) groups is 2. The van der Waals surface area contributed by atoms with Gasteiger partial charge in [-0.05, 0) is 37.1 Å². The number of amides is 2. The van der Waals surface area contributed by atoms with Gasteiger partial charge in [-0.15, -0.1) is 6.58 Å². The van der Waals surface area contributed by atoms with Crippen LogP contribution < -0.4 is 10.6 Å². The van der Waals surface area contributed by atoms with Crippen molar-refractivity contribution in [2.45, 2.75) is 38.1 Å². The van der Waals surface area contributed by atoms with Crippen LogP contribution in [0.2, 0.25) is 0 Å². The van der Waals surface area contributed by atoms with Crippen LogP contribution in [0.15, 0.2) is 36.9 Å². The SMILES string of the molecule is C=CCNC(=O)c1ccc(C(=O)NC2CCCCC2)cc1. The van der Waals surface area contributed by atoms with E-state index in [9.17, 15) is 9.59 Å². The molecule has 0 radical (unpaired) electrons. The van der Waals surface area contributed by atoms with Crippen molar-refractivity contribution < 1.29 is 9.59 Å². The molecular weight excluding hydrogens is 264 g/mol. The van der Waals surface area contributed by atoms with E-state index < -0.39 is 0 Å². The number of carbonyl (C=O) groups excluding carboxylic acids is 2. The second-order valence-corrected chi connectivity index (χ2v) is 5.38. The third-order valence-electron chi connectivity index (χ3n) is 3.76. The van der Waals surface area contributed by atoms with Crippen molar-refractivity contribution in [1.29, 1.82) is 0 Å². The standard InChI is InChI=1S/C17H22N2O2/c1-2-12-18-16(20)13-8-10-14(11-9-13)17(21)19-15-6-4-3-5-7-15/h2,8-11,15H,1,3-7,12H2,(H,18,20)(H,19,21). The van der Waals surface area contributed by atoms with Gasteiger partial charge in [0.05, 0.1) is 0 Å². The molecule has 21 heavy (non-hydrogen) atoms. The molecule has 112 valence electrons. The molecule has 4 nitrogen and oxygen atoms in total. The van der Waals surface area contributed by atoms with Gasteiger partial charge in [0.15, 0.2) is 0 Å². The molecule has 2 rings (SSSR count). The van der Waals surface area contributed by atoms with Crippen molar-refractivity contribution in [3.63, 3.8) is 0 Å². The van der Waals surface area contributed by atoms with Crippen molar-refractivity contribution in [3.05, 3.63) is 48.0 Å². The van der Waals surface area contributed by atoms with E-state index in [2.05, 4.69) is 17.2 Å². The maximum atomic E-state index is 12.1. The molecule has 0 unspecified atom stereocenters. The Balaban J connectivity index is 1.92. The van der Waals surface area contributed by atoms with E-state index in [-0.39, 0.29) is 11.8 Å². The highest BCUT2D eigenvalue weighted by Gasteiger charge is 2.16. The molecular formula is C17H22N2O2. The molecule has 1 saturated carbocycles. The third kappa shape index (κ3) is 4.45. The van der Waals surface area contributed by atoms with Crippen LogP contribution in [0.25, 0.3) is 0 Å². The minimum Gasteiger partial charge on any atom is -0.349 e. The maximum Gasteiger partial charge on any atom is 0.251 e. The first-order valence-electron chi connectivity index (χ1n) is 7.50. The predicted octanol–water partition coefficient (Wildman–Crippen LogP) is 2.66. The van der Waals surface area contributed by atoms with E-state index >= 15 is 0 Å². The van der Waals surface area contributed by atoms with Crippen LogP contribution in [0.4, 0.5) is 0 Å². The monoisotopic (exact) mass is 286 g/mol. The molecule has 0 aliphatic heterocycles. The summed E-state index contributed by atoms with van der Waals surface area (Å²) in [6.45, 7) is 3.98. The van der Waals surface area contributed by atoms with E-state index in [0.717, 1.165) is 12.8 Å². The van der Waals surface area contributed by atoms with E-state index in [1.165, 1.54) is 19.3 Å². The summed E-state index contributed by atoms with van der Waals surface area (Å²) in [5.41, 5.74) is 1.15. The first-order chi connectivity index (χ1) is 10.2. The third-order valence-corrected chi connectivity index (χ3v) is 3.76. The van der Waals surface area contributed by atoms with Gasteiger partial charge in [0.25, 0.3) is 11.8 Å². The number of rotatable bonds is 5. The van der Waals surface area contributed by atoms with Gasteiger partial charge in [0.1, 0.15) is 0 Å². The fourth-order valence-corrected chi connectivity index (χ4v) is 2.56. The quantitative estimate of drug-likeness (QED) is 0.818. The first-order valence-corrected chi connectivity index (χ1v) is 7.50. The highest BCUT2D eigenvalue weighted by atomic mass is 16.2. The number of nitrogens with one attached hydrogen (secondary N) is 2.